The van der Waals surface area contributed by atoms with E-state index in [0.717, 1.165) is 0 Å². The summed E-state index contributed by atoms with van der Waals surface area (Å²) in [5, 5.41) is 15.1. The summed E-state index contributed by atoms with van der Waals surface area (Å²) in [6, 6.07) is 4.67. The van der Waals surface area contributed by atoms with Crippen LogP contribution in [0.15, 0.2) is 24.5 Å². The van der Waals surface area contributed by atoms with Crippen LogP contribution in [-0.4, -0.2) is 26.8 Å². The number of para-hydroxylation sites is 1. The molecule has 0 fully saturated rings. The average molecular weight is 248 g/mol. The predicted octanol–water partition coefficient (Wildman–Crippen LogP) is 1.88. The molecule has 0 aliphatic carbocycles. The number of hydrogen-bond donors (Lipinski definition) is 0. The molecule has 18 heavy (non-hydrogen) atoms. The van der Waals surface area contributed by atoms with E-state index in [4.69, 9.17) is 4.74 Å². The number of rotatable bonds is 4. The molecule has 0 aliphatic rings. The molecule has 1 aromatic heterocycles. The minimum Gasteiger partial charge on any atom is -0.490 e. The quantitative estimate of drug-likeness (QED) is 0.609. The van der Waals surface area contributed by atoms with Crippen LogP contribution in [0.25, 0.3) is 11.4 Å². The third kappa shape index (κ3) is 2.02. The number of aryl methyl sites for hydroxylation is 1. The van der Waals surface area contributed by atoms with Gasteiger partial charge in [0.05, 0.1) is 17.6 Å². The molecule has 0 spiro atoms. The first-order valence-corrected chi connectivity index (χ1v) is 5.38. The van der Waals surface area contributed by atoms with Crippen molar-refractivity contribution in [1.29, 1.82) is 0 Å². The molecular formula is C11H12N4O3. The topological polar surface area (TPSA) is 83.1 Å². The minimum absolute atomic E-state index is 0.0946. The van der Waals surface area contributed by atoms with Crippen molar-refractivity contribution in [3.8, 4) is 17.1 Å². The maximum atomic E-state index is 10.9. The number of benzene rings is 1. The zero-order valence-electron chi connectivity index (χ0n) is 10.0. The smallest absolute Gasteiger partial charge is 0.311 e. The fourth-order valence-electron chi connectivity index (χ4n) is 1.63. The fourth-order valence-corrected chi connectivity index (χ4v) is 1.63. The van der Waals surface area contributed by atoms with Gasteiger partial charge < -0.3 is 4.74 Å². The first kappa shape index (κ1) is 12.0. The van der Waals surface area contributed by atoms with E-state index >= 15 is 0 Å². The van der Waals surface area contributed by atoms with E-state index in [1.165, 1.54) is 13.2 Å². The molecule has 0 atom stereocenters. The maximum Gasteiger partial charge on any atom is 0.311 e. The van der Waals surface area contributed by atoms with Gasteiger partial charge in [-0.25, -0.2) is 4.98 Å². The maximum absolute atomic E-state index is 10.9. The van der Waals surface area contributed by atoms with Crippen LogP contribution in [0.5, 0.6) is 5.75 Å². The van der Waals surface area contributed by atoms with Gasteiger partial charge in [0.15, 0.2) is 5.82 Å². The van der Waals surface area contributed by atoms with Crippen molar-refractivity contribution in [2.75, 3.05) is 7.11 Å². The van der Waals surface area contributed by atoms with Crippen molar-refractivity contribution in [3.63, 3.8) is 0 Å². The average Bonchev–Trinajstić information content (AvgIpc) is 2.86. The number of nitro groups is 1. The molecule has 7 nitrogen and oxygen atoms in total. The van der Waals surface area contributed by atoms with E-state index in [-0.39, 0.29) is 11.4 Å². The van der Waals surface area contributed by atoms with Gasteiger partial charge in [-0.05, 0) is 13.0 Å². The van der Waals surface area contributed by atoms with Crippen molar-refractivity contribution in [2.45, 2.75) is 13.5 Å². The highest BCUT2D eigenvalue weighted by Crippen LogP contribution is 2.35. The largest absolute Gasteiger partial charge is 0.490 e. The second-order valence-corrected chi connectivity index (χ2v) is 3.54. The van der Waals surface area contributed by atoms with Crippen LogP contribution in [0.1, 0.15) is 6.92 Å². The first-order valence-electron chi connectivity index (χ1n) is 5.38. The number of nitro benzene ring substituents is 1. The van der Waals surface area contributed by atoms with Gasteiger partial charge in [-0.1, -0.05) is 6.07 Å². The first-order chi connectivity index (χ1) is 8.67. The number of nitrogens with zero attached hydrogens (tertiary/aromatic N) is 4. The Kier molecular flexibility index (Phi) is 3.22. The molecule has 0 N–H and O–H groups in total. The Morgan fingerprint density at radius 2 is 2.28 bits per heavy atom. The third-order valence-electron chi connectivity index (χ3n) is 2.50. The van der Waals surface area contributed by atoms with Crippen LogP contribution < -0.4 is 4.74 Å². The number of methoxy groups -OCH3 is 1. The van der Waals surface area contributed by atoms with Gasteiger partial charge in [0.1, 0.15) is 6.33 Å². The molecule has 0 saturated heterocycles. The molecule has 0 amide bonds. The summed E-state index contributed by atoms with van der Waals surface area (Å²) >= 11 is 0. The van der Waals surface area contributed by atoms with E-state index in [0.29, 0.717) is 17.9 Å². The lowest BCUT2D eigenvalue weighted by atomic mass is 10.1. The van der Waals surface area contributed by atoms with E-state index in [1.807, 2.05) is 6.92 Å². The second kappa shape index (κ2) is 4.82. The van der Waals surface area contributed by atoms with Gasteiger partial charge in [-0.3, -0.25) is 14.8 Å². The third-order valence-corrected chi connectivity index (χ3v) is 2.50. The molecular weight excluding hydrogens is 236 g/mol. The second-order valence-electron chi connectivity index (χ2n) is 3.54. The molecule has 0 saturated carbocycles. The van der Waals surface area contributed by atoms with Gasteiger partial charge in [-0.15, -0.1) is 0 Å². The Labute approximate surface area is 103 Å². The summed E-state index contributed by atoms with van der Waals surface area (Å²) in [6.07, 6.45) is 1.58. The summed E-state index contributed by atoms with van der Waals surface area (Å²) < 4.78 is 6.75. The predicted molar refractivity (Wildman–Crippen MR) is 64.3 cm³/mol. The van der Waals surface area contributed by atoms with Crippen molar-refractivity contribution < 1.29 is 9.66 Å². The minimum atomic E-state index is -0.487. The highest BCUT2D eigenvalue weighted by molar-refractivity contribution is 5.70. The number of hydrogen-bond acceptors (Lipinski definition) is 5. The van der Waals surface area contributed by atoms with Crippen molar-refractivity contribution in [1.82, 2.24) is 14.8 Å². The van der Waals surface area contributed by atoms with Crippen molar-refractivity contribution in [2.24, 2.45) is 0 Å². The van der Waals surface area contributed by atoms with Crippen molar-refractivity contribution >= 4 is 5.69 Å². The highest BCUT2D eigenvalue weighted by Gasteiger charge is 2.21. The standard InChI is InChI=1S/C11H12N4O3/c1-3-14-7-12-11(13-14)8-5-4-6-9(15(16)17)10(8)18-2/h4-7H,3H2,1-2H3. The van der Waals surface area contributed by atoms with Crippen molar-refractivity contribution in [3.05, 3.63) is 34.6 Å². The van der Waals surface area contributed by atoms with E-state index in [2.05, 4.69) is 10.1 Å². The monoisotopic (exact) mass is 248 g/mol. The molecule has 0 radical (unpaired) electrons. The van der Waals surface area contributed by atoms with Crippen LogP contribution in [0.3, 0.4) is 0 Å². The Bertz CT molecular complexity index is 579. The summed E-state index contributed by atoms with van der Waals surface area (Å²) in [5.41, 5.74) is 0.418. The summed E-state index contributed by atoms with van der Waals surface area (Å²) in [6.45, 7) is 2.62. The Hall–Kier alpha value is -2.44. The molecule has 2 aromatic rings. The zero-order valence-corrected chi connectivity index (χ0v) is 10.0. The molecule has 0 unspecified atom stereocenters. The molecule has 1 aromatic carbocycles. The summed E-state index contributed by atoms with van der Waals surface area (Å²) in [4.78, 5) is 14.5. The molecule has 0 aliphatic heterocycles. The van der Waals surface area contributed by atoms with Crippen LogP contribution in [0, 0.1) is 10.1 Å². The van der Waals surface area contributed by atoms with Crippen LogP contribution in [-0.2, 0) is 6.54 Å². The van der Waals surface area contributed by atoms with Crippen LogP contribution >= 0.6 is 0 Å². The normalized spacial score (nSPS) is 10.3. The van der Waals surface area contributed by atoms with Gasteiger partial charge in [-0.2, -0.15) is 5.10 Å². The lowest BCUT2D eigenvalue weighted by Crippen LogP contribution is -1.98. The van der Waals surface area contributed by atoms with E-state index in [9.17, 15) is 10.1 Å². The number of aromatic nitrogens is 3. The summed E-state index contributed by atoms with van der Waals surface area (Å²) in [7, 11) is 1.39. The van der Waals surface area contributed by atoms with Gasteiger partial charge in [0.25, 0.3) is 0 Å². The van der Waals surface area contributed by atoms with Crippen LogP contribution in [0.2, 0.25) is 0 Å². The fraction of sp³-hybridized carbons (Fsp3) is 0.273. The van der Waals surface area contributed by atoms with Gasteiger partial charge >= 0.3 is 5.69 Å². The Morgan fingerprint density at radius 1 is 1.50 bits per heavy atom. The molecule has 7 heteroatoms. The zero-order chi connectivity index (χ0) is 13.1. The van der Waals surface area contributed by atoms with Gasteiger partial charge in [0.2, 0.25) is 5.75 Å². The number of ether oxygens (including phenoxy) is 1. The summed E-state index contributed by atoms with van der Waals surface area (Å²) in [5.74, 6) is 0.591. The molecule has 1 heterocycles. The molecule has 2 rings (SSSR count). The SMILES string of the molecule is CCn1cnc(-c2cccc([N+](=O)[O-])c2OC)n1. The molecule has 94 valence electrons. The van der Waals surface area contributed by atoms with E-state index < -0.39 is 4.92 Å². The lowest BCUT2D eigenvalue weighted by Gasteiger charge is -2.05. The van der Waals surface area contributed by atoms with Crippen LogP contribution in [0.4, 0.5) is 5.69 Å². The van der Waals surface area contributed by atoms with E-state index in [1.54, 1.807) is 23.1 Å². The Balaban J connectivity index is 2.56. The molecule has 0 bridgehead atoms. The van der Waals surface area contributed by atoms with Gasteiger partial charge in [0, 0.05) is 12.6 Å². The Morgan fingerprint density at radius 3 is 2.83 bits per heavy atom. The lowest BCUT2D eigenvalue weighted by molar-refractivity contribution is -0.385. The highest BCUT2D eigenvalue weighted by atomic mass is 16.6.